The van der Waals surface area contributed by atoms with E-state index in [1.807, 2.05) is 38.1 Å². The lowest BCUT2D eigenvalue weighted by atomic mass is 10.2. The van der Waals surface area contributed by atoms with E-state index in [1.54, 1.807) is 6.08 Å². The Balaban J connectivity index is 2.75. The summed E-state index contributed by atoms with van der Waals surface area (Å²) < 4.78 is 5.58. The Bertz CT molecular complexity index is 265. The Kier molecular flexibility index (Phi) is 2.92. The fourth-order valence-electron chi connectivity index (χ4n) is 0.937. The lowest BCUT2D eigenvalue weighted by Gasteiger charge is -2.12. The molecule has 1 rings (SSSR count). The number of hydrogen-bond donors (Lipinski definition) is 0. The van der Waals surface area contributed by atoms with Crippen LogP contribution in [0.15, 0.2) is 36.9 Å². The number of rotatable bonds is 3. The average molecular weight is 162 g/mol. The van der Waals surface area contributed by atoms with Crippen LogP contribution in [0, 0.1) is 6.92 Å². The highest BCUT2D eigenvalue weighted by molar-refractivity contribution is 5.32. The molecule has 0 spiro atoms. The summed E-state index contributed by atoms with van der Waals surface area (Å²) in [6, 6.07) is 7.97. The van der Waals surface area contributed by atoms with Crippen molar-refractivity contribution < 1.29 is 4.74 Å². The van der Waals surface area contributed by atoms with Gasteiger partial charge in [0.25, 0.3) is 0 Å². The van der Waals surface area contributed by atoms with Crippen molar-refractivity contribution in [2.45, 2.75) is 20.0 Å². The minimum absolute atomic E-state index is 0.0751. The first-order valence-corrected chi connectivity index (χ1v) is 4.09. The lowest BCUT2D eigenvalue weighted by molar-refractivity contribution is 0.268. The van der Waals surface area contributed by atoms with Gasteiger partial charge < -0.3 is 4.74 Å². The van der Waals surface area contributed by atoms with Crippen LogP contribution < -0.4 is 4.74 Å². The Morgan fingerprint density at radius 1 is 1.42 bits per heavy atom. The molecule has 12 heavy (non-hydrogen) atoms. The zero-order valence-electron chi connectivity index (χ0n) is 7.58. The van der Waals surface area contributed by atoms with Crippen LogP contribution in [0.4, 0.5) is 0 Å². The third kappa shape index (κ3) is 2.12. The molecule has 0 aliphatic carbocycles. The van der Waals surface area contributed by atoms with Crippen LogP contribution in [0.2, 0.25) is 0 Å². The number of aryl methyl sites for hydroxylation is 1. The highest BCUT2D eigenvalue weighted by atomic mass is 16.5. The van der Waals surface area contributed by atoms with Gasteiger partial charge in [0.05, 0.1) is 0 Å². The van der Waals surface area contributed by atoms with Crippen LogP contribution in [-0.4, -0.2) is 6.10 Å². The van der Waals surface area contributed by atoms with Gasteiger partial charge in [0.1, 0.15) is 11.9 Å². The van der Waals surface area contributed by atoms with Gasteiger partial charge in [-0.2, -0.15) is 0 Å². The number of ether oxygens (including phenoxy) is 1. The highest BCUT2D eigenvalue weighted by Crippen LogP contribution is 2.17. The second-order valence-electron chi connectivity index (χ2n) is 2.82. The zero-order chi connectivity index (χ0) is 8.97. The first kappa shape index (κ1) is 8.85. The Morgan fingerprint density at radius 3 is 2.67 bits per heavy atom. The van der Waals surface area contributed by atoms with Crippen molar-refractivity contribution in [1.29, 1.82) is 0 Å². The average Bonchev–Trinajstić information content (AvgIpc) is 2.09. The molecule has 0 bridgehead atoms. The van der Waals surface area contributed by atoms with Crippen molar-refractivity contribution >= 4 is 0 Å². The summed E-state index contributed by atoms with van der Waals surface area (Å²) in [4.78, 5) is 0. The van der Waals surface area contributed by atoms with Crippen LogP contribution >= 0.6 is 0 Å². The van der Waals surface area contributed by atoms with Crippen LogP contribution in [-0.2, 0) is 0 Å². The summed E-state index contributed by atoms with van der Waals surface area (Å²) in [5.74, 6) is 0.935. The van der Waals surface area contributed by atoms with E-state index < -0.39 is 0 Å². The molecule has 0 fully saturated rings. The van der Waals surface area contributed by atoms with Gasteiger partial charge in [0.15, 0.2) is 0 Å². The van der Waals surface area contributed by atoms with Gasteiger partial charge in [-0.25, -0.2) is 0 Å². The van der Waals surface area contributed by atoms with Crippen molar-refractivity contribution in [2.24, 2.45) is 0 Å². The second-order valence-corrected chi connectivity index (χ2v) is 2.82. The predicted molar refractivity (Wildman–Crippen MR) is 51.5 cm³/mol. The van der Waals surface area contributed by atoms with Gasteiger partial charge in [0, 0.05) is 0 Å². The molecular formula is C11H14O. The third-order valence-corrected chi connectivity index (χ3v) is 1.74. The third-order valence-electron chi connectivity index (χ3n) is 1.74. The molecule has 1 aromatic carbocycles. The van der Waals surface area contributed by atoms with Gasteiger partial charge in [-0.15, -0.1) is 0 Å². The van der Waals surface area contributed by atoms with E-state index in [9.17, 15) is 0 Å². The molecular weight excluding hydrogens is 148 g/mol. The summed E-state index contributed by atoms with van der Waals surface area (Å²) in [5.41, 5.74) is 1.16. The maximum absolute atomic E-state index is 5.58. The topological polar surface area (TPSA) is 9.23 Å². The fourth-order valence-corrected chi connectivity index (χ4v) is 0.937. The van der Waals surface area contributed by atoms with Crippen molar-refractivity contribution in [3.63, 3.8) is 0 Å². The van der Waals surface area contributed by atoms with Crippen LogP contribution in [0.5, 0.6) is 5.75 Å². The number of benzene rings is 1. The van der Waals surface area contributed by atoms with Crippen LogP contribution in [0.25, 0.3) is 0 Å². The summed E-state index contributed by atoms with van der Waals surface area (Å²) in [6.07, 6.45) is 1.86. The van der Waals surface area contributed by atoms with Crippen LogP contribution in [0.1, 0.15) is 12.5 Å². The van der Waals surface area contributed by atoms with E-state index >= 15 is 0 Å². The first-order chi connectivity index (χ1) is 5.74. The summed E-state index contributed by atoms with van der Waals surface area (Å²) in [6.45, 7) is 7.67. The van der Waals surface area contributed by atoms with Crippen molar-refractivity contribution in [3.8, 4) is 5.75 Å². The van der Waals surface area contributed by atoms with Crippen molar-refractivity contribution in [3.05, 3.63) is 42.5 Å². The van der Waals surface area contributed by atoms with E-state index in [2.05, 4.69) is 6.58 Å². The Hall–Kier alpha value is -1.24. The molecule has 64 valence electrons. The smallest absolute Gasteiger partial charge is 0.123 e. The predicted octanol–water partition coefficient (Wildman–Crippen LogP) is 2.95. The standard InChI is InChI=1S/C11H14O/c1-4-10(3)12-11-8-6-5-7-9(11)2/h4-8,10H,1H2,2-3H3. The molecule has 1 nitrogen and oxygen atoms in total. The van der Waals surface area contributed by atoms with E-state index in [4.69, 9.17) is 4.74 Å². The van der Waals surface area contributed by atoms with Gasteiger partial charge in [-0.1, -0.05) is 30.9 Å². The van der Waals surface area contributed by atoms with Gasteiger partial charge >= 0.3 is 0 Å². The van der Waals surface area contributed by atoms with E-state index in [1.165, 1.54) is 0 Å². The number of hydrogen-bond acceptors (Lipinski definition) is 1. The minimum Gasteiger partial charge on any atom is -0.486 e. The Morgan fingerprint density at radius 2 is 2.08 bits per heavy atom. The Labute approximate surface area is 73.7 Å². The zero-order valence-corrected chi connectivity index (χ0v) is 7.58. The lowest BCUT2D eigenvalue weighted by Crippen LogP contribution is -2.07. The molecule has 1 aromatic rings. The molecule has 0 amide bonds. The maximum Gasteiger partial charge on any atom is 0.123 e. The SMILES string of the molecule is C=CC(C)Oc1ccccc1C. The molecule has 0 radical (unpaired) electrons. The van der Waals surface area contributed by atoms with E-state index in [-0.39, 0.29) is 6.10 Å². The van der Waals surface area contributed by atoms with Crippen LogP contribution in [0.3, 0.4) is 0 Å². The molecule has 0 N–H and O–H groups in total. The van der Waals surface area contributed by atoms with E-state index in [0.717, 1.165) is 11.3 Å². The summed E-state index contributed by atoms with van der Waals surface area (Å²) >= 11 is 0. The normalized spacial score (nSPS) is 12.2. The molecule has 1 unspecified atom stereocenters. The first-order valence-electron chi connectivity index (χ1n) is 4.09. The molecule has 0 aromatic heterocycles. The quantitative estimate of drug-likeness (QED) is 0.621. The van der Waals surface area contributed by atoms with Gasteiger partial charge in [-0.3, -0.25) is 0 Å². The largest absolute Gasteiger partial charge is 0.486 e. The molecule has 0 heterocycles. The number of para-hydroxylation sites is 1. The summed E-state index contributed by atoms with van der Waals surface area (Å²) in [5, 5.41) is 0. The monoisotopic (exact) mass is 162 g/mol. The minimum atomic E-state index is 0.0751. The molecule has 0 saturated carbocycles. The van der Waals surface area contributed by atoms with Gasteiger partial charge in [-0.05, 0) is 25.5 Å². The van der Waals surface area contributed by atoms with Crippen molar-refractivity contribution in [1.82, 2.24) is 0 Å². The van der Waals surface area contributed by atoms with E-state index in [0.29, 0.717) is 0 Å². The molecule has 0 saturated heterocycles. The second kappa shape index (κ2) is 3.96. The summed E-state index contributed by atoms with van der Waals surface area (Å²) in [7, 11) is 0. The van der Waals surface area contributed by atoms with Crippen molar-refractivity contribution in [2.75, 3.05) is 0 Å². The molecule has 0 aliphatic heterocycles. The molecule has 1 heteroatoms. The highest BCUT2D eigenvalue weighted by Gasteiger charge is 2.00. The molecule has 1 atom stereocenters. The fraction of sp³-hybridized carbons (Fsp3) is 0.273. The van der Waals surface area contributed by atoms with Gasteiger partial charge in [0.2, 0.25) is 0 Å². The maximum atomic E-state index is 5.58. The molecule has 0 aliphatic rings.